The number of benzene rings is 4. The number of rotatable bonds is 12. The Bertz CT molecular complexity index is 1810. The highest BCUT2D eigenvalue weighted by Crippen LogP contribution is 2.28. The molecule has 1 fully saturated rings. The third-order valence-electron chi connectivity index (χ3n) is 9.16. The molecule has 1 aliphatic carbocycles. The molecule has 0 spiro atoms. The van der Waals surface area contributed by atoms with E-state index in [1.807, 2.05) is 81.4 Å². The number of carbonyl (C=O) groups excluding carboxylic acids is 2. The highest BCUT2D eigenvalue weighted by atomic mass is 79.9. The average molecular weight is 731 g/mol. The van der Waals surface area contributed by atoms with Gasteiger partial charge in [-0.2, -0.15) is 0 Å². The summed E-state index contributed by atoms with van der Waals surface area (Å²) in [5.41, 5.74) is 4.97. The molecule has 1 aliphatic rings. The second-order valence-electron chi connectivity index (χ2n) is 12.8. The van der Waals surface area contributed by atoms with Gasteiger partial charge in [0.1, 0.15) is 12.6 Å². The Kier molecular flexibility index (Phi) is 11.8. The largest absolute Gasteiger partial charge is 0.352 e. The van der Waals surface area contributed by atoms with Crippen LogP contribution in [0.4, 0.5) is 5.69 Å². The standard InChI is InChI=1S/C39H44BrN3O4S/c1-28-14-22-36(23-15-28)48(46,47)43(35-21-16-29(2)30(3)24-35)27-38(44)42(26-32-17-19-33(40)20-18-32)37(25-31-10-6-4-7-11-31)39(45)41-34-12-8-5-9-13-34/h4,6-7,10-11,14-24,34,37H,5,8-9,12-13,25-27H2,1-3H3,(H,41,45)/t37-/m0/s1. The fourth-order valence-electron chi connectivity index (χ4n) is 6.13. The molecule has 0 aromatic heterocycles. The fraction of sp³-hybridized carbons (Fsp3) is 0.333. The van der Waals surface area contributed by atoms with Crippen molar-refractivity contribution in [2.24, 2.45) is 0 Å². The summed E-state index contributed by atoms with van der Waals surface area (Å²) in [6.07, 6.45) is 5.35. The molecule has 7 nitrogen and oxygen atoms in total. The van der Waals surface area contributed by atoms with Gasteiger partial charge in [0.15, 0.2) is 0 Å². The summed E-state index contributed by atoms with van der Waals surface area (Å²) in [4.78, 5) is 30.6. The molecule has 0 radical (unpaired) electrons. The molecule has 2 amide bonds. The maximum absolute atomic E-state index is 14.7. The number of sulfonamides is 1. The minimum atomic E-state index is -4.16. The summed E-state index contributed by atoms with van der Waals surface area (Å²) < 4.78 is 30.7. The molecule has 0 heterocycles. The van der Waals surface area contributed by atoms with Crippen molar-refractivity contribution in [1.82, 2.24) is 10.2 Å². The van der Waals surface area contributed by atoms with Crippen LogP contribution in [0.25, 0.3) is 0 Å². The molecule has 252 valence electrons. The van der Waals surface area contributed by atoms with Crippen LogP contribution in [-0.2, 0) is 32.6 Å². The van der Waals surface area contributed by atoms with Gasteiger partial charge in [0.2, 0.25) is 11.8 Å². The maximum Gasteiger partial charge on any atom is 0.264 e. The Morgan fingerprint density at radius 2 is 1.48 bits per heavy atom. The Balaban J connectivity index is 1.57. The molecule has 4 aromatic rings. The van der Waals surface area contributed by atoms with Gasteiger partial charge in [-0.3, -0.25) is 13.9 Å². The van der Waals surface area contributed by atoms with Crippen molar-refractivity contribution in [3.05, 3.63) is 129 Å². The first-order chi connectivity index (χ1) is 23.0. The van der Waals surface area contributed by atoms with Crippen LogP contribution in [0.1, 0.15) is 59.9 Å². The summed E-state index contributed by atoms with van der Waals surface area (Å²) in [5, 5.41) is 3.26. The van der Waals surface area contributed by atoms with Crippen molar-refractivity contribution in [3.8, 4) is 0 Å². The number of aryl methyl sites for hydroxylation is 3. The van der Waals surface area contributed by atoms with Crippen LogP contribution in [-0.4, -0.2) is 43.8 Å². The Morgan fingerprint density at radius 1 is 0.812 bits per heavy atom. The zero-order valence-corrected chi connectivity index (χ0v) is 30.3. The smallest absolute Gasteiger partial charge is 0.264 e. The van der Waals surface area contributed by atoms with E-state index in [0.29, 0.717) is 5.69 Å². The van der Waals surface area contributed by atoms with E-state index in [9.17, 15) is 18.0 Å². The predicted molar refractivity (Wildman–Crippen MR) is 195 cm³/mol. The van der Waals surface area contributed by atoms with Crippen LogP contribution in [0.15, 0.2) is 106 Å². The first-order valence-electron chi connectivity index (χ1n) is 16.6. The van der Waals surface area contributed by atoms with Crippen molar-refractivity contribution in [3.63, 3.8) is 0 Å². The molecule has 1 N–H and O–H groups in total. The number of halogens is 1. The molecule has 1 saturated carbocycles. The Morgan fingerprint density at radius 3 is 2.12 bits per heavy atom. The van der Waals surface area contributed by atoms with Crippen molar-refractivity contribution in [1.29, 1.82) is 0 Å². The van der Waals surface area contributed by atoms with Gasteiger partial charge in [0.05, 0.1) is 10.6 Å². The van der Waals surface area contributed by atoms with Crippen molar-refractivity contribution in [2.75, 3.05) is 10.8 Å². The van der Waals surface area contributed by atoms with Crippen molar-refractivity contribution < 1.29 is 18.0 Å². The highest BCUT2D eigenvalue weighted by molar-refractivity contribution is 9.10. The minimum Gasteiger partial charge on any atom is -0.352 e. The molecule has 4 aromatic carbocycles. The van der Waals surface area contributed by atoms with Crippen LogP contribution in [0.3, 0.4) is 0 Å². The van der Waals surface area contributed by atoms with Crippen LogP contribution in [0.5, 0.6) is 0 Å². The summed E-state index contributed by atoms with van der Waals surface area (Å²) >= 11 is 3.49. The Hall–Kier alpha value is -3.95. The highest BCUT2D eigenvalue weighted by Gasteiger charge is 2.35. The molecule has 0 bridgehead atoms. The number of nitrogens with one attached hydrogen (secondary N) is 1. The van der Waals surface area contributed by atoms with E-state index >= 15 is 0 Å². The molecule has 0 aliphatic heterocycles. The lowest BCUT2D eigenvalue weighted by atomic mass is 9.94. The van der Waals surface area contributed by atoms with Gasteiger partial charge in [0.25, 0.3) is 10.0 Å². The molecule has 0 saturated heterocycles. The van der Waals surface area contributed by atoms with Crippen LogP contribution < -0.4 is 9.62 Å². The Labute approximate surface area is 293 Å². The number of anilines is 1. The summed E-state index contributed by atoms with van der Waals surface area (Å²) in [5.74, 6) is -0.693. The fourth-order valence-corrected chi connectivity index (χ4v) is 7.80. The summed E-state index contributed by atoms with van der Waals surface area (Å²) in [6.45, 7) is 5.43. The average Bonchev–Trinajstić information content (AvgIpc) is 3.08. The molecule has 48 heavy (non-hydrogen) atoms. The molecule has 9 heteroatoms. The van der Waals surface area contributed by atoms with Gasteiger partial charge in [-0.05, 0) is 92.3 Å². The van der Waals surface area contributed by atoms with Crippen molar-refractivity contribution in [2.45, 2.75) is 82.8 Å². The molecule has 1 atom stereocenters. The van der Waals surface area contributed by atoms with Gasteiger partial charge < -0.3 is 10.2 Å². The first kappa shape index (κ1) is 35.4. The lowest BCUT2D eigenvalue weighted by Gasteiger charge is -2.35. The van der Waals surface area contributed by atoms with Gasteiger partial charge in [-0.15, -0.1) is 0 Å². The van der Waals surface area contributed by atoms with Gasteiger partial charge in [-0.25, -0.2) is 8.42 Å². The SMILES string of the molecule is Cc1ccc(S(=O)(=O)N(CC(=O)N(Cc2ccc(Br)cc2)[C@@H](Cc2ccccc2)C(=O)NC2CCCCC2)c2ccc(C)c(C)c2)cc1. The third-order valence-corrected chi connectivity index (χ3v) is 11.5. The normalized spacial score (nSPS) is 14.2. The lowest BCUT2D eigenvalue weighted by molar-refractivity contribution is -0.140. The van der Waals surface area contributed by atoms with Crippen molar-refractivity contribution >= 4 is 43.5 Å². The molecule has 0 unspecified atom stereocenters. The van der Waals surface area contributed by atoms with Crippen LogP contribution in [0, 0.1) is 20.8 Å². The molecule has 5 rings (SSSR count). The zero-order chi connectivity index (χ0) is 34.3. The quantitative estimate of drug-likeness (QED) is 0.162. The first-order valence-corrected chi connectivity index (χ1v) is 18.8. The number of hydrogen-bond acceptors (Lipinski definition) is 4. The maximum atomic E-state index is 14.7. The second kappa shape index (κ2) is 16.0. The third kappa shape index (κ3) is 8.94. The van der Waals surface area contributed by atoms with Gasteiger partial charge >= 0.3 is 0 Å². The monoisotopic (exact) mass is 729 g/mol. The van der Waals surface area contributed by atoms with Gasteiger partial charge in [0, 0.05) is 23.5 Å². The van der Waals surface area contributed by atoms with Crippen LogP contribution >= 0.6 is 15.9 Å². The van der Waals surface area contributed by atoms with Gasteiger partial charge in [-0.1, -0.05) is 101 Å². The number of carbonyl (C=O) groups is 2. The predicted octanol–water partition coefficient (Wildman–Crippen LogP) is 7.66. The van der Waals surface area contributed by atoms with E-state index in [4.69, 9.17) is 0 Å². The number of hydrogen-bond donors (Lipinski definition) is 1. The lowest BCUT2D eigenvalue weighted by Crippen LogP contribution is -2.55. The van der Waals surface area contributed by atoms with E-state index in [1.54, 1.807) is 41.3 Å². The summed E-state index contributed by atoms with van der Waals surface area (Å²) in [7, 11) is -4.16. The van der Waals surface area contributed by atoms with Crippen LogP contribution in [0.2, 0.25) is 0 Å². The number of amides is 2. The zero-order valence-electron chi connectivity index (χ0n) is 27.9. The minimum absolute atomic E-state index is 0.0445. The van der Waals surface area contributed by atoms with E-state index in [1.165, 1.54) is 4.31 Å². The number of nitrogens with zero attached hydrogens (tertiary/aromatic N) is 2. The topological polar surface area (TPSA) is 86.8 Å². The second-order valence-corrected chi connectivity index (χ2v) is 15.6. The molecular formula is C39H44BrN3O4S. The van der Waals surface area contributed by atoms with E-state index in [2.05, 4.69) is 21.2 Å². The molecular weight excluding hydrogens is 686 g/mol. The summed E-state index contributed by atoms with van der Waals surface area (Å²) in [6, 6.07) is 28.5. The van der Waals surface area contributed by atoms with E-state index in [-0.39, 0.29) is 29.8 Å². The van der Waals surface area contributed by atoms with E-state index < -0.39 is 28.5 Å². The van der Waals surface area contributed by atoms with E-state index in [0.717, 1.165) is 64.4 Å².